The average Bonchev–Trinajstić information content (AvgIpc) is 2.90. The summed E-state index contributed by atoms with van der Waals surface area (Å²) in [5, 5.41) is 3.43. The molecule has 2 atom stereocenters. The largest absolute Gasteiger partial charge is 0.490 e. The highest BCUT2D eigenvalue weighted by Gasteiger charge is 2.25. The first-order valence-electron chi connectivity index (χ1n) is 7.23. The number of rotatable bonds is 7. The Hall–Kier alpha value is -0.360. The van der Waals surface area contributed by atoms with Crippen LogP contribution in [0.4, 0.5) is 4.39 Å². The van der Waals surface area contributed by atoms with Gasteiger partial charge in [-0.25, -0.2) is 4.39 Å². The van der Waals surface area contributed by atoms with Crippen LogP contribution < -0.4 is 10.1 Å². The highest BCUT2D eigenvalue weighted by atomic mass is 79.9. The molecule has 2 rings (SSSR count). The minimum absolute atomic E-state index is 0.0593. The quantitative estimate of drug-likeness (QED) is 0.569. The fourth-order valence-corrected chi connectivity index (χ4v) is 3.04. The third-order valence-electron chi connectivity index (χ3n) is 3.39. The second kappa shape index (κ2) is 8.32. The molecule has 1 saturated heterocycles. The summed E-state index contributed by atoms with van der Waals surface area (Å²) in [6, 6.07) is 2.79. The lowest BCUT2D eigenvalue weighted by atomic mass is 10.2. The van der Waals surface area contributed by atoms with E-state index in [0.717, 1.165) is 32.4 Å². The van der Waals surface area contributed by atoms with Gasteiger partial charge in [0.15, 0.2) is 0 Å². The summed E-state index contributed by atoms with van der Waals surface area (Å²) in [5.74, 6) is -0.0306. The normalized spacial score (nSPS) is 21.7. The maximum Gasteiger partial charge on any atom is 0.145 e. The van der Waals surface area contributed by atoms with E-state index in [9.17, 15) is 4.39 Å². The van der Waals surface area contributed by atoms with Crippen molar-refractivity contribution >= 4 is 27.5 Å². The van der Waals surface area contributed by atoms with Gasteiger partial charge in [0.05, 0.1) is 21.7 Å². The molecule has 0 aliphatic carbocycles. The second-order valence-corrected chi connectivity index (χ2v) is 6.43. The Kier molecular flexibility index (Phi) is 6.74. The topological polar surface area (TPSA) is 30.5 Å². The number of nitrogens with one attached hydrogen (secondary N) is 1. The SMILES string of the molecule is CCCNCC1CCC(COc2cc(F)c(Cl)cc2Br)O1. The molecule has 1 aliphatic rings. The molecule has 3 nitrogen and oxygen atoms in total. The monoisotopic (exact) mass is 379 g/mol. The van der Waals surface area contributed by atoms with E-state index >= 15 is 0 Å². The highest BCUT2D eigenvalue weighted by Crippen LogP contribution is 2.31. The number of ether oxygens (including phenoxy) is 2. The van der Waals surface area contributed by atoms with Gasteiger partial charge < -0.3 is 14.8 Å². The van der Waals surface area contributed by atoms with Crippen molar-refractivity contribution in [1.82, 2.24) is 5.32 Å². The van der Waals surface area contributed by atoms with E-state index in [4.69, 9.17) is 21.1 Å². The van der Waals surface area contributed by atoms with E-state index in [-0.39, 0.29) is 17.2 Å². The third-order valence-corrected chi connectivity index (χ3v) is 4.30. The molecular weight excluding hydrogens is 361 g/mol. The molecule has 0 radical (unpaired) electrons. The molecule has 1 fully saturated rings. The number of benzene rings is 1. The molecule has 1 aliphatic heterocycles. The highest BCUT2D eigenvalue weighted by molar-refractivity contribution is 9.10. The van der Waals surface area contributed by atoms with Crippen LogP contribution in [0.5, 0.6) is 5.75 Å². The lowest BCUT2D eigenvalue weighted by Gasteiger charge is -2.16. The lowest BCUT2D eigenvalue weighted by molar-refractivity contribution is 0.0184. The number of hydrogen-bond donors (Lipinski definition) is 1. The molecule has 1 heterocycles. The van der Waals surface area contributed by atoms with Gasteiger partial charge in [0.2, 0.25) is 0 Å². The molecule has 118 valence electrons. The fraction of sp³-hybridized carbons (Fsp3) is 0.600. The second-order valence-electron chi connectivity index (χ2n) is 5.17. The van der Waals surface area contributed by atoms with Gasteiger partial charge in [0.1, 0.15) is 18.2 Å². The molecule has 6 heteroatoms. The molecule has 0 bridgehead atoms. The molecule has 1 aromatic rings. The number of hydrogen-bond acceptors (Lipinski definition) is 3. The van der Waals surface area contributed by atoms with Gasteiger partial charge in [-0.1, -0.05) is 18.5 Å². The Morgan fingerprint density at radius 1 is 1.43 bits per heavy atom. The molecule has 0 amide bonds. The minimum Gasteiger partial charge on any atom is -0.490 e. The maximum absolute atomic E-state index is 13.4. The average molecular weight is 381 g/mol. The van der Waals surface area contributed by atoms with Crippen LogP contribution in [0.1, 0.15) is 26.2 Å². The van der Waals surface area contributed by atoms with Crippen molar-refractivity contribution in [3.8, 4) is 5.75 Å². The predicted octanol–water partition coefficient (Wildman–Crippen LogP) is 4.17. The van der Waals surface area contributed by atoms with Gasteiger partial charge in [0, 0.05) is 12.6 Å². The van der Waals surface area contributed by atoms with Gasteiger partial charge in [-0.3, -0.25) is 0 Å². The summed E-state index contributed by atoms with van der Waals surface area (Å²) in [6.45, 7) is 4.45. The zero-order chi connectivity index (χ0) is 15.2. The van der Waals surface area contributed by atoms with Crippen molar-refractivity contribution in [1.29, 1.82) is 0 Å². The van der Waals surface area contributed by atoms with E-state index in [1.807, 2.05) is 0 Å². The van der Waals surface area contributed by atoms with Crippen LogP contribution in [-0.4, -0.2) is 31.9 Å². The first-order valence-corrected chi connectivity index (χ1v) is 8.40. The van der Waals surface area contributed by atoms with Crippen LogP contribution in [0.15, 0.2) is 16.6 Å². The van der Waals surface area contributed by atoms with Gasteiger partial charge in [-0.2, -0.15) is 0 Å². The van der Waals surface area contributed by atoms with E-state index in [0.29, 0.717) is 16.8 Å². The smallest absolute Gasteiger partial charge is 0.145 e. The predicted molar refractivity (Wildman–Crippen MR) is 85.7 cm³/mol. The summed E-state index contributed by atoms with van der Waals surface area (Å²) in [5.41, 5.74) is 0. The van der Waals surface area contributed by atoms with Crippen molar-refractivity contribution in [2.45, 2.75) is 38.4 Å². The molecule has 2 unspecified atom stereocenters. The summed E-state index contributed by atoms with van der Waals surface area (Å²) in [4.78, 5) is 0. The van der Waals surface area contributed by atoms with E-state index in [1.165, 1.54) is 12.1 Å². The Balaban J connectivity index is 1.78. The molecule has 21 heavy (non-hydrogen) atoms. The Morgan fingerprint density at radius 2 is 2.19 bits per heavy atom. The van der Waals surface area contributed by atoms with E-state index < -0.39 is 5.82 Å². The van der Waals surface area contributed by atoms with Crippen LogP contribution >= 0.6 is 27.5 Å². The van der Waals surface area contributed by atoms with Crippen LogP contribution in [-0.2, 0) is 4.74 Å². The van der Waals surface area contributed by atoms with Crippen LogP contribution in [0.3, 0.4) is 0 Å². The van der Waals surface area contributed by atoms with Crippen LogP contribution in [0.2, 0.25) is 5.02 Å². The summed E-state index contributed by atoms with van der Waals surface area (Å²) in [7, 11) is 0. The Morgan fingerprint density at radius 3 is 2.95 bits per heavy atom. The lowest BCUT2D eigenvalue weighted by Crippen LogP contribution is -2.28. The van der Waals surface area contributed by atoms with E-state index in [1.54, 1.807) is 0 Å². The Labute approximate surface area is 138 Å². The van der Waals surface area contributed by atoms with Crippen molar-refractivity contribution in [3.63, 3.8) is 0 Å². The number of halogens is 3. The molecule has 1 aromatic carbocycles. The van der Waals surface area contributed by atoms with Crippen molar-refractivity contribution in [3.05, 3.63) is 27.4 Å². The first-order chi connectivity index (χ1) is 10.1. The molecule has 0 aromatic heterocycles. The summed E-state index contributed by atoms with van der Waals surface area (Å²) in [6.07, 6.45) is 3.42. The van der Waals surface area contributed by atoms with Crippen molar-refractivity contribution < 1.29 is 13.9 Å². The van der Waals surface area contributed by atoms with Gasteiger partial charge in [0.25, 0.3) is 0 Å². The first kappa shape index (κ1) is 17.0. The van der Waals surface area contributed by atoms with Crippen LogP contribution in [0, 0.1) is 5.82 Å². The van der Waals surface area contributed by atoms with E-state index in [2.05, 4.69) is 28.2 Å². The molecule has 1 N–H and O–H groups in total. The fourth-order valence-electron chi connectivity index (χ4n) is 2.29. The minimum atomic E-state index is -0.483. The maximum atomic E-state index is 13.4. The summed E-state index contributed by atoms with van der Waals surface area (Å²) >= 11 is 9.02. The molecule has 0 spiro atoms. The Bertz CT molecular complexity index is 475. The summed E-state index contributed by atoms with van der Waals surface area (Å²) < 4.78 is 25.6. The van der Waals surface area contributed by atoms with Crippen molar-refractivity contribution in [2.24, 2.45) is 0 Å². The van der Waals surface area contributed by atoms with Crippen LogP contribution in [0.25, 0.3) is 0 Å². The van der Waals surface area contributed by atoms with Gasteiger partial charge in [-0.15, -0.1) is 0 Å². The van der Waals surface area contributed by atoms with Gasteiger partial charge in [-0.05, 0) is 47.8 Å². The zero-order valence-electron chi connectivity index (χ0n) is 12.0. The molecule has 0 saturated carbocycles. The van der Waals surface area contributed by atoms with Crippen molar-refractivity contribution in [2.75, 3.05) is 19.7 Å². The molecular formula is C15H20BrClFNO2. The zero-order valence-corrected chi connectivity index (χ0v) is 14.3. The standard InChI is InChI=1S/C15H20BrClFNO2/c1-2-5-19-8-10-3-4-11(21-10)9-20-15-7-14(18)13(17)6-12(15)16/h6-7,10-11,19H,2-5,8-9H2,1H3. The van der Waals surface area contributed by atoms with Gasteiger partial charge >= 0.3 is 0 Å². The third kappa shape index (κ3) is 5.09.